The van der Waals surface area contributed by atoms with Crippen molar-refractivity contribution in [3.63, 3.8) is 0 Å². The van der Waals surface area contributed by atoms with Crippen LogP contribution in [0.3, 0.4) is 0 Å². The molecule has 0 aromatic carbocycles. The lowest BCUT2D eigenvalue weighted by atomic mass is 9.97. The molecule has 9 heteroatoms. The third kappa shape index (κ3) is 6.69. The van der Waals surface area contributed by atoms with Crippen LogP contribution in [-0.2, 0) is 19.2 Å². The molecule has 0 rings (SSSR count). The molecule has 0 bridgehead atoms. The summed E-state index contributed by atoms with van der Waals surface area (Å²) in [5, 5.41) is 21.8. The van der Waals surface area contributed by atoms with Gasteiger partial charge in [0.2, 0.25) is 17.7 Å². The highest BCUT2D eigenvalue weighted by Crippen LogP contribution is 2.12. The summed E-state index contributed by atoms with van der Waals surface area (Å²) in [6, 6.07) is -0.808. The molecule has 0 aliphatic rings. The van der Waals surface area contributed by atoms with Crippen LogP contribution < -0.4 is 16.1 Å². The molecule has 0 spiro atoms. The lowest BCUT2D eigenvalue weighted by Crippen LogP contribution is -2.46. The van der Waals surface area contributed by atoms with E-state index in [0.29, 0.717) is 0 Å². The molecule has 0 heterocycles. The van der Waals surface area contributed by atoms with Crippen LogP contribution in [0.4, 0.5) is 0 Å². The molecule has 1 unspecified atom stereocenters. The summed E-state index contributed by atoms with van der Waals surface area (Å²) in [6.07, 6.45) is -0.740. The Morgan fingerprint density at radius 2 is 1.75 bits per heavy atom. The van der Waals surface area contributed by atoms with Gasteiger partial charge in [-0.3, -0.25) is 24.4 Å². The van der Waals surface area contributed by atoms with Gasteiger partial charge in [-0.25, -0.2) is 5.48 Å². The van der Waals surface area contributed by atoms with Crippen LogP contribution in [-0.4, -0.2) is 47.1 Å². The molecular weight excluding hydrogens is 270 g/mol. The second kappa shape index (κ2) is 8.86. The number of likely N-dealkylation sites (N-methyl/N-ethyl adjacent to an activating group) is 1. The largest absolute Gasteiger partial charge is 0.481 e. The van der Waals surface area contributed by atoms with Crippen molar-refractivity contribution in [3.05, 3.63) is 0 Å². The van der Waals surface area contributed by atoms with Gasteiger partial charge in [-0.2, -0.15) is 0 Å². The predicted octanol–water partition coefficient (Wildman–Crippen LogP) is -1.39. The van der Waals surface area contributed by atoms with E-state index in [1.165, 1.54) is 19.5 Å². The van der Waals surface area contributed by atoms with E-state index in [1.54, 1.807) is 0 Å². The highest BCUT2D eigenvalue weighted by atomic mass is 16.5. The van der Waals surface area contributed by atoms with Crippen LogP contribution in [0, 0.1) is 5.92 Å². The Hall–Kier alpha value is -2.16. The number of hydrogen-bond acceptors (Lipinski definition) is 5. The number of carboxylic acid groups (broad SMARTS) is 1. The second-order valence-electron chi connectivity index (χ2n) is 4.21. The highest BCUT2D eigenvalue weighted by Gasteiger charge is 2.25. The maximum absolute atomic E-state index is 11.9. The number of hydroxylamine groups is 1. The van der Waals surface area contributed by atoms with Gasteiger partial charge in [-0.05, 0) is 13.3 Å². The van der Waals surface area contributed by atoms with E-state index in [4.69, 9.17) is 10.3 Å². The zero-order chi connectivity index (χ0) is 15.7. The summed E-state index contributed by atoms with van der Waals surface area (Å²) < 4.78 is 0. The van der Waals surface area contributed by atoms with E-state index in [-0.39, 0.29) is 19.3 Å². The van der Waals surface area contributed by atoms with E-state index in [2.05, 4.69) is 10.6 Å². The van der Waals surface area contributed by atoms with Crippen molar-refractivity contribution in [2.24, 2.45) is 5.92 Å². The van der Waals surface area contributed by atoms with Gasteiger partial charge in [0.05, 0.1) is 0 Å². The van der Waals surface area contributed by atoms with Gasteiger partial charge in [0.1, 0.15) is 6.04 Å². The van der Waals surface area contributed by atoms with Gasteiger partial charge >= 0.3 is 5.97 Å². The fraction of sp³-hybridized carbons (Fsp3) is 0.636. The first-order chi connectivity index (χ1) is 9.31. The summed E-state index contributed by atoms with van der Waals surface area (Å²) in [7, 11) is 1.41. The highest BCUT2D eigenvalue weighted by molar-refractivity contribution is 5.90. The SMILES string of the molecule is CNC(=O)[C@H](C)NC(=O)C(CCC(=O)O)CC(=O)NO. The first-order valence-electron chi connectivity index (χ1n) is 5.98. The van der Waals surface area contributed by atoms with Crippen LogP contribution in [0.2, 0.25) is 0 Å². The Labute approximate surface area is 115 Å². The zero-order valence-electron chi connectivity index (χ0n) is 11.3. The summed E-state index contributed by atoms with van der Waals surface area (Å²) >= 11 is 0. The average Bonchev–Trinajstić information content (AvgIpc) is 2.41. The van der Waals surface area contributed by atoms with Crippen LogP contribution in [0.5, 0.6) is 0 Å². The fourth-order valence-electron chi connectivity index (χ4n) is 1.51. The fourth-order valence-corrected chi connectivity index (χ4v) is 1.51. The van der Waals surface area contributed by atoms with Crippen molar-refractivity contribution in [3.8, 4) is 0 Å². The lowest BCUT2D eigenvalue weighted by molar-refractivity contribution is -0.139. The second-order valence-corrected chi connectivity index (χ2v) is 4.21. The number of carbonyl (C=O) groups is 4. The Bertz CT molecular complexity index is 384. The van der Waals surface area contributed by atoms with E-state index < -0.39 is 35.7 Å². The zero-order valence-corrected chi connectivity index (χ0v) is 11.3. The quantitative estimate of drug-likeness (QED) is 0.275. The number of nitrogens with one attached hydrogen (secondary N) is 3. The van der Waals surface area contributed by atoms with Crippen molar-refractivity contribution < 1.29 is 29.5 Å². The normalized spacial score (nSPS) is 12.9. The molecule has 0 radical (unpaired) electrons. The maximum Gasteiger partial charge on any atom is 0.303 e. The van der Waals surface area contributed by atoms with Gasteiger partial charge in [0, 0.05) is 25.8 Å². The summed E-state index contributed by atoms with van der Waals surface area (Å²) in [4.78, 5) is 44.8. The number of aliphatic carboxylic acids is 1. The Morgan fingerprint density at radius 1 is 1.15 bits per heavy atom. The molecule has 0 aliphatic heterocycles. The molecule has 114 valence electrons. The molecule has 0 aromatic rings. The Morgan fingerprint density at radius 3 is 2.20 bits per heavy atom. The smallest absolute Gasteiger partial charge is 0.303 e. The number of amides is 3. The van der Waals surface area contributed by atoms with Crippen LogP contribution in [0.1, 0.15) is 26.2 Å². The van der Waals surface area contributed by atoms with Crippen molar-refractivity contribution in [1.29, 1.82) is 0 Å². The van der Waals surface area contributed by atoms with Gasteiger partial charge in [0.15, 0.2) is 0 Å². The van der Waals surface area contributed by atoms with E-state index in [1.807, 2.05) is 0 Å². The molecular formula is C11H19N3O6. The van der Waals surface area contributed by atoms with Gasteiger partial charge < -0.3 is 15.7 Å². The molecule has 0 fully saturated rings. The Kier molecular flexibility index (Phi) is 7.90. The van der Waals surface area contributed by atoms with Gasteiger partial charge in [-0.15, -0.1) is 0 Å². The van der Waals surface area contributed by atoms with Crippen molar-refractivity contribution in [2.75, 3.05) is 7.05 Å². The minimum Gasteiger partial charge on any atom is -0.481 e. The molecule has 2 atom stereocenters. The average molecular weight is 289 g/mol. The number of hydrogen-bond donors (Lipinski definition) is 5. The first-order valence-corrected chi connectivity index (χ1v) is 5.98. The monoisotopic (exact) mass is 289 g/mol. The van der Waals surface area contributed by atoms with Gasteiger partial charge in [0.25, 0.3) is 0 Å². The van der Waals surface area contributed by atoms with Crippen LogP contribution >= 0.6 is 0 Å². The summed E-state index contributed by atoms with van der Waals surface area (Å²) in [6.45, 7) is 1.46. The van der Waals surface area contributed by atoms with E-state index in [0.717, 1.165) is 0 Å². The van der Waals surface area contributed by atoms with E-state index >= 15 is 0 Å². The summed E-state index contributed by atoms with van der Waals surface area (Å²) in [5.74, 6) is -3.88. The predicted molar refractivity (Wildman–Crippen MR) is 66.6 cm³/mol. The maximum atomic E-state index is 11.9. The number of carbonyl (C=O) groups excluding carboxylic acids is 3. The van der Waals surface area contributed by atoms with Crippen molar-refractivity contribution in [1.82, 2.24) is 16.1 Å². The molecule has 3 amide bonds. The van der Waals surface area contributed by atoms with Crippen molar-refractivity contribution in [2.45, 2.75) is 32.2 Å². The minimum absolute atomic E-state index is 0.0744. The standard InChI is InChI=1S/C11H19N3O6/c1-6(10(18)12-2)13-11(19)7(3-4-9(16)17)5-8(15)14-20/h6-7,20H,3-5H2,1-2H3,(H,12,18)(H,13,19)(H,14,15)(H,16,17)/t6-,7?/m0/s1. The molecule has 9 nitrogen and oxygen atoms in total. The van der Waals surface area contributed by atoms with Crippen molar-refractivity contribution >= 4 is 23.7 Å². The molecule has 0 saturated heterocycles. The summed E-state index contributed by atoms with van der Waals surface area (Å²) in [5.41, 5.74) is 1.38. The third-order valence-corrected chi connectivity index (χ3v) is 2.63. The van der Waals surface area contributed by atoms with E-state index in [9.17, 15) is 19.2 Å². The molecule has 0 aliphatic carbocycles. The Balaban J connectivity index is 4.65. The molecule has 0 saturated carbocycles. The minimum atomic E-state index is -1.11. The molecule has 0 aromatic heterocycles. The molecule has 5 N–H and O–H groups in total. The van der Waals surface area contributed by atoms with Gasteiger partial charge in [-0.1, -0.05) is 0 Å². The number of carboxylic acids is 1. The topological polar surface area (TPSA) is 145 Å². The first kappa shape index (κ1) is 17.8. The molecule has 20 heavy (non-hydrogen) atoms. The lowest BCUT2D eigenvalue weighted by Gasteiger charge is -2.18. The van der Waals surface area contributed by atoms with Crippen LogP contribution in [0.25, 0.3) is 0 Å². The number of rotatable bonds is 8. The van der Waals surface area contributed by atoms with Crippen LogP contribution in [0.15, 0.2) is 0 Å². The third-order valence-electron chi connectivity index (χ3n) is 2.63.